The summed E-state index contributed by atoms with van der Waals surface area (Å²) in [6.07, 6.45) is 2.53. The van der Waals surface area contributed by atoms with E-state index in [0.29, 0.717) is 29.2 Å². The number of carbonyl (C=O) groups is 2. The molecule has 0 unspecified atom stereocenters. The normalized spacial score (nSPS) is 16.6. The highest BCUT2D eigenvalue weighted by atomic mass is 32.2. The number of hydrogen-bond acceptors (Lipinski definition) is 6. The van der Waals surface area contributed by atoms with Crippen LogP contribution in [-0.4, -0.2) is 67.6 Å². The van der Waals surface area contributed by atoms with Crippen LogP contribution in [0.25, 0.3) is 0 Å². The van der Waals surface area contributed by atoms with Gasteiger partial charge in [0.05, 0.1) is 24.5 Å². The third kappa shape index (κ3) is 4.50. The Hall–Kier alpha value is -2.42. The van der Waals surface area contributed by atoms with Crippen molar-refractivity contribution in [3.63, 3.8) is 0 Å². The van der Waals surface area contributed by atoms with E-state index < -0.39 is 0 Å². The molecule has 4 rings (SSSR count). The first-order chi connectivity index (χ1) is 14.7. The number of nitrogens with one attached hydrogen (secondary N) is 1. The van der Waals surface area contributed by atoms with Crippen molar-refractivity contribution in [3.8, 4) is 0 Å². The molecule has 1 N–H and O–H groups in total. The Morgan fingerprint density at radius 2 is 2.07 bits per heavy atom. The molecule has 30 heavy (non-hydrogen) atoms. The molecule has 1 fully saturated rings. The van der Waals surface area contributed by atoms with Gasteiger partial charge < -0.3 is 15.0 Å². The van der Waals surface area contributed by atoms with Gasteiger partial charge in [-0.05, 0) is 36.8 Å². The van der Waals surface area contributed by atoms with Crippen LogP contribution in [0.4, 0.5) is 5.69 Å². The molecule has 158 valence electrons. The van der Waals surface area contributed by atoms with Gasteiger partial charge >= 0.3 is 0 Å². The number of rotatable bonds is 6. The Kier molecular flexibility index (Phi) is 6.66. The molecule has 0 radical (unpaired) electrons. The van der Waals surface area contributed by atoms with E-state index in [2.05, 4.69) is 15.2 Å². The zero-order chi connectivity index (χ0) is 20.9. The largest absolute Gasteiger partial charge is 0.379 e. The van der Waals surface area contributed by atoms with E-state index >= 15 is 0 Å². The molecular formula is C22H26N4O3S. The minimum atomic E-state index is -0.106. The van der Waals surface area contributed by atoms with Crippen LogP contribution in [0.3, 0.4) is 0 Å². The maximum Gasteiger partial charge on any atom is 0.261 e. The van der Waals surface area contributed by atoms with E-state index in [-0.39, 0.29) is 11.8 Å². The second-order valence-electron chi connectivity index (χ2n) is 7.31. The third-order valence-electron chi connectivity index (χ3n) is 5.23. The van der Waals surface area contributed by atoms with E-state index in [0.717, 1.165) is 49.9 Å². The molecule has 2 aliphatic rings. The van der Waals surface area contributed by atoms with Gasteiger partial charge in [0.25, 0.3) is 11.8 Å². The van der Waals surface area contributed by atoms with Crippen LogP contribution in [0.5, 0.6) is 0 Å². The number of carbonyl (C=O) groups excluding carboxylic acids is 2. The Balaban J connectivity index is 1.52. The lowest BCUT2D eigenvalue weighted by atomic mass is 10.1. The lowest BCUT2D eigenvalue weighted by Crippen LogP contribution is -2.41. The van der Waals surface area contributed by atoms with Gasteiger partial charge in [0.2, 0.25) is 0 Å². The van der Waals surface area contributed by atoms with Gasteiger partial charge in [-0.25, -0.2) is 4.98 Å². The summed E-state index contributed by atoms with van der Waals surface area (Å²) in [5, 5.41) is 3.68. The Morgan fingerprint density at radius 1 is 1.23 bits per heavy atom. The van der Waals surface area contributed by atoms with Crippen molar-refractivity contribution in [2.45, 2.75) is 23.3 Å². The van der Waals surface area contributed by atoms with Crippen molar-refractivity contribution in [3.05, 3.63) is 47.7 Å². The lowest BCUT2D eigenvalue weighted by molar-refractivity contribution is 0.0383. The van der Waals surface area contributed by atoms with Crippen LogP contribution in [0.1, 0.15) is 34.1 Å². The van der Waals surface area contributed by atoms with E-state index in [1.54, 1.807) is 23.2 Å². The molecule has 2 aliphatic heterocycles. The molecule has 1 saturated heterocycles. The molecule has 0 atom stereocenters. The first-order valence-corrected chi connectivity index (χ1v) is 11.2. The molecule has 0 aliphatic carbocycles. The zero-order valence-electron chi connectivity index (χ0n) is 17.1. The van der Waals surface area contributed by atoms with Crippen LogP contribution in [-0.2, 0) is 4.74 Å². The number of hydrogen-bond donors (Lipinski definition) is 1. The molecule has 2 amide bonds. The summed E-state index contributed by atoms with van der Waals surface area (Å²) in [6, 6.07) is 9.13. The smallest absolute Gasteiger partial charge is 0.261 e. The van der Waals surface area contributed by atoms with Crippen molar-refractivity contribution in [1.82, 2.24) is 15.2 Å². The van der Waals surface area contributed by atoms with Gasteiger partial charge in [0.1, 0.15) is 5.03 Å². The summed E-state index contributed by atoms with van der Waals surface area (Å²) >= 11 is 1.44. The van der Waals surface area contributed by atoms with Crippen molar-refractivity contribution in [2.24, 2.45) is 0 Å². The second kappa shape index (κ2) is 9.59. The van der Waals surface area contributed by atoms with Crippen LogP contribution < -0.4 is 10.2 Å². The summed E-state index contributed by atoms with van der Waals surface area (Å²) in [6.45, 7) is 7.37. The summed E-state index contributed by atoms with van der Waals surface area (Å²) in [4.78, 5) is 35.1. The molecule has 3 heterocycles. The van der Waals surface area contributed by atoms with Crippen molar-refractivity contribution in [2.75, 3.05) is 50.8 Å². The maximum absolute atomic E-state index is 13.1. The predicted molar refractivity (Wildman–Crippen MR) is 116 cm³/mol. The number of fused-ring (bicyclic) bond motifs is 2. The van der Waals surface area contributed by atoms with Crippen molar-refractivity contribution < 1.29 is 14.3 Å². The number of aromatic nitrogens is 1. The lowest BCUT2D eigenvalue weighted by Gasteiger charge is -2.26. The summed E-state index contributed by atoms with van der Waals surface area (Å²) in [5.74, 6) is -0.153. The number of benzene rings is 1. The minimum Gasteiger partial charge on any atom is -0.379 e. The number of ether oxygens (including phenoxy) is 1. The number of nitrogens with zero attached hydrogens (tertiary/aromatic N) is 3. The first kappa shape index (κ1) is 20.8. The van der Waals surface area contributed by atoms with E-state index in [4.69, 9.17) is 4.74 Å². The Bertz CT molecular complexity index is 930. The van der Waals surface area contributed by atoms with Gasteiger partial charge in [-0.1, -0.05) is 18.7 Å². The highest BCUT2D eigenvalue weighted by Crippen LogP contribution is 2.40. The fraction of sp³-hybridized carbons (Fsp3) is 0.409. The van der Waals surface area contributed by atoms with Gasteiger partial charge in [-0.15, -0.1) is 0 Å². The number of anilines is 1. The van der Waals surface area contributed by atoms with E-state index in [1.165, 1.54) is 11.8 Å². The summed E-state index contributed by atoms with van der Waals surface area (Å²) < 4.78 is 5.35. The zero-order valence-corrected chi connectivity index (χ0v) is 17.9. The highest BCUT2D eigenvalue weighted by Gasteiger charge is 2.28. The molecule has 1 aromatic heterocycles. The van der Waals surface area contributed by atoms with Crippen molar-refractivity contribution in [1.29, 1.82) is 0 Å². The molecule has 2 aromatic rings. The van der Waals surface area contributed by atoms with Gasteiger partial charge in [0.15, 0.2) is 0 Å². The molecule has 0 spiro atoms. The van der Waals surface area contributed by atoms with Gasteiger partial charge in [-0.3, -0.25) is 14.5 Å². The molecule has 0 bridgehead atoms. The standard InChI is InChI=1S/C22H26N4O3S/c1-2-9-26-18-6-5-16(20(27)23-8-10-25-11-13-29-14-12-25)15-19(18)30-21-17(22(26)28)4-3-7-24-21/h3-7,15H,2,8-14H2,1H3,(H,23,27). The molecule has 1 aromatic carbocycles. The minimum absolute atomic E-state index is 0.0473. The molecule has 0 saturated carbocycles. The van der Waals surface area contributed by atoms with E-state index in [1.807, 2.05) is 25.1 Å². The fourth-order valence-electron chi connectivity index (χ4n) is 3.65. The van der Waals surface area contributed by atoms with Crippen LogP contribution >= 0.6 is 11.8 Å². The third-order valence-corrected chi connectivity index (χ3v) is 6.30. The summed E-state index contributed by atoms with van der Waals surface area (Å²) in [7, 11) is 0. The van der Waals surface area contributed by atoms with Crippen molar-refractivity contribution >= 4 is 29.3 Å². The second-order valence-corrected chi connectivity index (χ2v) is 8.34. The van der Waals surface area contributed by atoms with Crippen LogP contribution in [0.15, 0.2) is 46.5 Å². The predicted octanol–water partition coefficient (Wildman–Crippen LogP) is 2.67. The number of amides is 2. The molecule has 8 heteroatoms. The topological polar surface area (TPSA) is 74.8 Å². The van der Waals surface area contributed by atoms with Crippen LogP contribution in [0.2, 0.25) is 0 Å². The molecular weight excluding hydrogens is 400 g/mol. The van der Waals surface area contributed by atoms with E-state index in [9.17, 15) is 9.59 Å². The van der Waals surface area contributed by atoms with Crippen LogP contribution in [0, 0.1) is 0 Å². The Morgan fingerprint density at radius 3 is 2.87 bits per heavy atom. The average Bonchev–Trinajstić information content (AvgIpc) is 2.89. The fourth-order valence-corrected chi connectivity index (χ4v) is 4.71. The molecule has 7 nitrogen and oxygen atoms in total. The SMILES string of the molecule is CCCN1C(=O)c2cccnc2Sc2cc(C(=O)NCCN3CCOCC3)ccc21. The van der Waals surface area contributed by atoms with Gasteiger partial charge in [0, 0.05) is 49.4 Å². The maximum atomic E-state index is 13.1. The summed E-state index contributed by atoms with van der Waals surface area (Å²) in [5.41, 5.74) is 2.02. The highest BCUT2D eigenvalue weighted by molar-refractivity contribution is 7.99. The Labute approximate surface area is 180 Å². The van der Waals surface area contributed by atoms with Gasteiger partial charge in [-0.2, -0.15) is 0 Å². The number of morpholine rings is 1. The average molecular weight is 427 g/mol. The number of pyridine rings is 1. The first-order valence-electron chi connectivity index (χ1n) is 10.3. The quantitative estimate of drug-likeness (QED) is 0.766. The monoisotopic (exact) mass is 426 g/mol.